The first-order valence-corrected chi connectivity index (χ1v) is 13.2. The summed E-state index contributed by atoms with van der Waals surface area (Å²) in [4.78, 5) is 14.3. The van der Waals surface area contributed by atoms with E-state index in [0.29, 0.717) is 40.5 Å². The zero-order valence-corrected chi connectivity index (χ0v) is 22.2. The molecule has 0 aromatic heterocycles. The van der Waals surface area contributed by atoms with E-state index in [1.807, 2.05) is 55.5 Å². The molecule has 2 aromatic rings. The lowest BCUT2D eigenvalue weighted by Crippen LogP contribution is -2.22. The minimum absolute atomic E-state index is 0.0954. The zero-order valence-electron chi connectivity index (χ0n) is 20.6. The normalized spacial score (nSPS) is 14.5. The lowest BCUT2D eigenvalue weighted by molar-refractivity contribution is -0.121. The molecule has 0 saturated carbocycles. The first-order valence-electron chi connectivity index (χ1n) is 12.0. The van der Waals surface area contributed by atoms with E-state index in [9.17, 15) is 4.79 Å². The standard InChI is InChI=1S/C27H33NO5S2/c1-4-6-7-8-15-31-21-10-12-22(13-11-21)32-16-17-33-23-14-9-20(18-24(23)30-5-2)19-25-26(29)28(3)27(34)35-25/h9-14,18-19H,4-8,15-17H2,1-3H3. The van der Waals surface area contributed by atoms with Crippen LogP contribution in [0.4, 0.5) is 0 Å². The van der Waals surface area contributed by atoms with Gasteiger partial charge in [-0.15, -0.1) is 0 Å². The van der Waals surface area contributed by atoms with Gasteiger partial charge in [-0.25, -0.2) is 0 Å². The van der Waals surface area contributed by atoms with Crippen molar-refractivity contribution in [3.8, 4) is 23.0 Å². The van der Waals surface area contributed by atoms with Crippen LogP contribution in [-0.4, -0.2) is 48.6 Å². The monoisotopic (exact) mass is 515 g/mol. The summed E-state index contributed by atoms with van der Waals surface area (Å²) in [7, 11) is 1.68. The van der Waals surface area contributed by atoms with Crippen LogP contribution in [0.1, 0.15) is 45.1 Å². The second kappa shape index (κ2) is 14.0. The van der Waals surface area contributed by atoms with Crippen molar-refractivity contribution in [2.45, 2.75) is 39.5 Å². The number of unbranched alkanes of at least 4 members (excludes halogenated alkanes) is 3. The van der Waals surface area contributed by atoms with Crippen LogP contribution >= 0.6 is 24.0 Å². The topological polar surface area (TPSA) is 57.2 Å². The van der Waals surface area contributed by atoms with E-state index in [-0.39, 0.29) is 5.91 Å². The molecule has 0 radical (unpaired) electrons. The highest BCUT2D eigenvalue weighted by Gasteiger charge is 2.28. The molecule has 0 unspecified atom stereocenters. The number of carbonyl (C=O) groups is 1. The lowest BCUT2D eigenvalue weighted by atomic mass is 10.2. The number of hydrogen-bond donors (Lipinski definition) is 0. The Kier molecular flexibility index (Phi) is 10.8. The lowest BCUT2D eigenvalue weighted by Gasteiger charge is -2.13. The summed E-state index contributed by atoms with van der Waals surface area (Å²) < 4.78 is 23.8. The van der Waals surface area contributed by atoms with Gasteiger partial charge in [-0.2, -0.15) is 0 Å². The molecule has 35 heavy (non-hydrogen) atoms. The van der Waals surface area contributed by atoms with Crippen LogP contribution < -0.4 is 18.9 Å². The molecule has 2 aromatic carbocycles. The molecule has 0 spiro atoms. The van der Waals surface area contributed by atoms with Crippen molar-refractivity contribution in [1.82, 2.24) is 4.90 Å². The Bertz CT molecular complexity index is 1020. The van der Waals surface area contributed by atoms with Gasteiger partial charge in [-0.3, -0.25) is 9.69 Å². The van der Waals surface area contributed by atoms with Crippen molar-refractivity contribution in [3.05, 3.63) is 52.9 Å². The fourth-order valence-corrected chi connectivity index (χ4v) is 4.54. The number of nitrogens with zero attached hydrogens (tertiary/aromatic N) is 1. The Balaban J connectivity index is 1.49. The van der Waals surface area contributed by atoms with Crippen molar-refractivity contribution >= 4 is 40.3 Å². The molecule has 1 aliphatic heterocycles. The third kappa shape index (κ3) is 8.18. The molecule has 0 bridgehead atoms. The van der Waals surface area contributed by atoms with E-state index in [1.165, 1.54) is 35.9 Å². The van der Waals surface area contributed by atoms with Crippen LogP contribution in [0, 0.1) is 0 Å². The predicted molar refractivity (Wildman–Crippen MR) is 146 cm³/mol. The Hall–Kier alpha value is -2.71. The quantitative estimate of drug-likeness (QED) is 0.165. The Morgan fingerprint density at radius 3 is 2.17 bits per heavy atom. The van der Waals surface area contributed by atoms with Crippen molar-refractivity contribution in [2.75, 3.05) is 33.5 Å². The maximum atomic E-state index is 12.3. The van der Waals surface area contributed by atoms with Gasteiger partial charge in [-0.05, 0) is 61.4 Å². The fourth-order valence-electron chi connectivity index (χ4n) is 3.36. The number of amides is 1. The van der Waals surface area contributed by atoms with Crippen molar-refractivity contribution in [3.63, 3.8) is 0 Å². The Morgan fingerprint density at radius 2 is 1.54 bits per heavy atom. The smallest absolute Gasteiger partial charge is 0.265 e. The molecule has 1 aliphatic rings. The van der Waals surface area contributed by atoms with Crippen LogP contribution in [0.2, 0.25) is 0 Å². The average molecular weight is 516 g/mol. The van der Waals surface area contributed by atoms with E-state index in [0.717, 1.165) is 30.1 Å². The maximum Gasteiger partial charge on any atom is 0.265 e. The van der Waals surface area contributed by atoms with E-state index in [2.05, 4.69) is 6.92 Å². The summed E-state index contributed by atoms with van der Waals surface area (Å²) in [6, 6.07) is 13.3. The third-order valence-electron chi connectivity index (χ3n) is 5.25. The van der Waals surface area contributed by atoms with Gasteiger partial charge in [0.2, 0.25) is 0 Å². The van der Waals surface area contributed by atoms with E-state index < -0.39 is 0 Å². The van der Waals surface area contributed by atoms with Gasteiger partial charge < -0.3 is 18.9 Å². The molecular formula is C27H33NO5S2. The maximum absolute atomic E-state index is 12.3. The molecule has 6 nitrogen and oxygen atoms in total. The first-order chi connectivity index (χ1) is 17.0. The largest absolute Gasteiger partial charge is 0.494 e. The number of ether oxygens (including phenoxy) is 4. The number of rotatable bonds is 14. The van der Waals surface area contributed by atoms with E-state index >= 15 is 0 Å². The predicted octanol–water partition coefficient (Wildman–Crippen LogP) is 6.33. The minimum atomic E-state index is -0.0954. The molecule has 0 N–H and O–H groups in total. The molecule has 0 aliphatic carbocycles. The number of hydrogen-bond acceptors (Lipinski definition) is 7. The second-order valence-electron chi connectivity index (χ2n) is 7.96. The Morgan fingerprint density at radius 1 is 0.857 bits per heavy atom. The van der Waals surface area contributed by atoms with Gasteiger partial charge in [0.25, 0.3) is 5.91 Å². The highest BCUT2D eigenvalue weighted by Crippen LogP contribution is 2.34. The summed E-state index contributed by atoms with van der Waals surface area (Å²) in [5, 5.41) is 0. The number of benzene rings is 2. The number of carbonyl (C=O) groups excluding carboxylic acids is 1. The van der Waals surface area contributed by atoms with E-state index in [4.69, 9.17) is 31.2 Å². The molecule has 1 fully saturated rings. The van der Waals surface area contributed by atoms with Gasteiger partial charge in [0.05, 0.1) is 18.1 Å². The average Bonchev–Trinajstić information content (AvgIpc) is 3.10. The van der Waals surface area contributed by atoms with E-state index in [1.54, 1.807) is 7.05 Å². The SMILES string of the molecule is CCCCCCOc1ccc(OCCOc2ccc(C=C3SC(=S)N(C)C3=O)cc2OCC)cc1. The molecule has 3 rings (SSSR count). The Labute approximate surface area is 217 Å². The van der Waals surface area contributed by atoms with Gasteiger partial charge in [0.15, 0.2) is 11.5 Å². The molecule has 0 atom stereocenters. The number of thioether (sulfide) groups is 1. The number of likely N-dealkylation sites (N-methyl/N-ethyl adjacent to an activating group) is 1. The summed E-state index contributed by atoms with van der Waals surface area (Å²) in [6.07, 6.45) is 6.57. The van der Waals surface area contributed by atoms with Gasteiger partial charge >= 0.3 is 0 Å². The second-order valence-corrected chi connectivity index (χ2v) is 9.63. The van der Waals surface area contributed by atoms with Gasteiger partial charge in [-0.1, -0.05) is 56.2 Å². The van der Waals surface area contributed by atoms with Crippen molar-refractivity contribution in [1.29, 1.82) is 0 Å². The molecule has 1 heterocycles. The van der Waals surface area contributed by atoms with Crippen LogP contribution in [0.3, 0.4) is 0 Å². The van der Waals surface area contributed by atoms with Crippen LogP contribution in [0.15, 0.2) is 47.4 Å². The van der Waals surface area contributed by atoms with Crippen LogP contribution in [0.5, 0.6) is 23.0 Å². The minimum Gasteiger partial charge on any atom is -0.494 e. The molecule has 1 amide bonds. The number of thiocarbonyl (C=S) groups is 1. The van der Waals surface area contributed by atoms with Crippen molar-refractivity contribution in [2.24, 2.45) is 0 Å². The summed E-state index contributed by atoms with van der Waals surface area (Å²) in [6.45, 7) is 6.12. The third-order valence-corrected chi connectivity index (χ3v) is 6.74. The summed E-state index contributed by atoms with van der Waals surface area (Å²) in [5.74, 6) is 2.77. The van der Waals surface area contributed by atoms with Gasteiger partial charge in [0.1, 0.15) is 29.0 Å². The fraction of sp³-hybridized carbons (Fsp3) is 0.407. The van der Waals surface area contributed by atoms with Crippen molar-refractivity contribution < 1.29 is 23.7 Å². The highest BCUT2D eigenvalue weighted by molar-refractivity contribution is 8.26. The zero-order chi connectivity index (χ0) is 25.0. The molecule has 188 valence electrons. The molecule has 8 heteroatoms. The molecule has 1 saturated heterocycles. The van der Waals surface area contributed by atoms with Crippen LogP contribution in [-0.2, 0) is 4.79 Å². The van der Waals surface area contributed by atoms with Gasteiger partial charge in [0, 0.05) is 7.05 Å². The highest BCUT2D eigenvalue weighted by atomic mass is 32.2. The van der Waals surface area contributed by atoms with Crippen LogP contribution in [0.25, 0.3) is 6.08 Å². The summed E-state index contributed by atoms with van der Waals surface area (Å²) >= 11 is 6.49. The molecular weight excluding hydrogens is 482 g/mol. The summed E-state index contributed by atoms with van der Waals surface area (Å²) in [5.41, 5.74) is 0.846. The first kappa shape index (κ1) is 26.9.